The Bertz CT molecular complexity index is 1730. The van der Waals surface area contributed by atoms with Gasteiger partial charge in [0, 0.05) is 28.8 Å². The minimum atomic E-state index is -3.33. The first-order chi connectivity index (χ1) is 18.8. The molecule has 0 saturated heterocycles. The van der Waals surface area contributed by atoms with Crippen molar-refractivity contribution in [3.05, 3.63) is 115 Å². The van der Waals surface area contributed by atoms with Gasteiger partial charge < -0.3 is 14.2 Å². The van der Waals surface area contributed by atoms with Crippen molar-refractivity contribution in [1.29, 1.82) is 0 Å². The number of carbonyl (C=O) groups excluding carboxylic acids is 1. The van der Waals surface area contributed by atoms with Gasteiger partial charge in [0.2, 0.25) is 0 Å². The van der Waals surface area contributed by atoms with Crippen LogP contribution in [0.4, 0.5) is 4.79 Å². The zero-order valence-electron chi connectivity index (χ0n) is 20.8. The molecule has 0 aliphatic heterocycles. The highest BCUT2D eigenvalue weighted by Crippen LogP contribution is 2.41. The summed E-state index contributed by atoms with van der Waals surface area (Å²) in [6.45, 7) is 0.444. The average Bonchev–Trinajstić information content (AvgIpc) is 2.93. The summed E-state index contributed by atoms with van der Waals surface area (Å²) < 4.78 is 41.2. The van der Waals surface area contributed by atoms with Gasteiger partial charge in [0.25, 0.3) is 0 Å². The molecule has 0 aliphatic rings. The van der Waals surface area contributed by atoms with Crippen LogP contribution in [-0.2, 0) is 16.4 Å². The molecule has 5 aromatic rings. The molecule has 5 aromatic carbocycles. The van der Waals surface area contributed by atoms with Gasteiger partial charge in [0.05, 0.1) is 4.90 Å². The van der Waals surface area contributed by atoms with Crippen molar-refractivity contribution < 1.29 is 27.4 Å². The lowest BCUT2D eigenvalue weighted by Crippen LogP contribution is -1.97. The van der Waals surface area contributed by atoms with Crippen LogP contribution in [0, 0.1) is 0 Å². The number of fused-ring (bicyclic) bond motifs is 1. The van der Waals surface area contributed by atoms with Crippen LogP contribution in [0.3, 0.4) is 0 Å². The van der Waals surface area contributed by atoms with E-state index in [1.165, 1.54) is 6.26 Å². The highest BCUT2D eigenvalue weighted by atomic mass is 35.5. The zero-order valence-corrected chi connectivity index (χ0v) is 22.4. The highest BCUT2D eigenvalue weighted by Gasteiger charge is 2.15. The first-order valence-corrected chi connectivity index (χ1v) is 14.2. The van der Waals surface area contributed by atoms with Crippen LogP contribution < -0.4 is 14.2 Å². The Labute approximate surface area is 231 Å². The SMILES string of the molecule is CS(=O)(=O)c1ccc(-c2ccc3cc(OCc4ccccc4)ccc3c2Oc2ccc(OC(=O)Cl)cc2)cc1. The Balaban J connectivity index is 1.53. The van der Waals surface area contributed by atoms with E-state index < -0.39 is 15.3 Å². The van der Waals surface area contributed by atoms with E-state index in [1.54, 1.807) is 48.5 Å². The lowest BCUT2D eigenvalue weighted by Gasteiger charge is -2.16. The summed E-state index contributed by atoms with van der Waals surface area (Å²) in [4.78, 5) is 11.3. The molecular weight excluding hydrogens is 536 g/mol. The Morgan fingerprint density at radius 2 is 1.44 bits per heavy atom. The Hall–Kier alpha value is -4.33. The van der Waals surface area contributed by atoms with Crippen LogP contribution in [0.25, 0.3) is 21.9 Å². The highest BCUT2D eigenvalue weighted by molar-refractivity contribution is 7.90. The monoisotopic (exact) mass is 558 g/mol. The predicted molar refractivity (Wildman–Crippen MR) is 152 cm³/mol. The third kappa shape index (κ3) is 6.39. The molecule has 0 fully saturated rings. The summed E-state index contributed by atoms with van der Waals surface area (Å²) >= 11 is 5.30. The van der Waals surface area contributed by atoms with Gasteiger partial charge in [-0.3, -0.25) is 0 Å². The van der Waals surface area contributed by atoms with Crippen LogP contribution in [0.2, 0.25) is 0 Å². The molecule has 0 N–H and O–H groups in total. The molecular formula is C31H23ClO6S. The van der Waals surface area contributed by atoms with Gasteiger partial charge in [-0.1, -0.05) is 48.5 Å². The van der Waals surface area contributed by atoms with Crippen molar-refractivity contribution >= 4 is 37.6 Å². The molecule has 0 spiro atoms. The maximum absolute atomic E-state index is 12.0. The maximum Gasteiger partial charge on any atom is 0.409 e. The molecule has 5 rings (SSSR count). The van der Waals surface area contributed by atoms with Crippen molar-refractivity contribution in [3.8, 4) is 34.1 Å². The zero-order chi connectivity index (χ0) is 27.4. The predicted octanol–water partition coefficient (Wildman–Crippen LogP) is 8.02. The van der Waals surface area contributed by atoms with Crippen LogP contribution in [0.1, 0.15) is 5.56 Å². The first kappa shape index (κ1) is 26.3. The van der Waals surface area contributed by atoms with E-state index in [0.717, 1.165) is 33.2 Å². The van der Waals surface area contributed by atoms with Crippen LogP contribution in [0.15, 0.2) is 114 Å². The van der Waals surface area contributed by atoms with Gasteiger partial charge in [-0.15, -0.1) is 0 Å². The number of hydrogen-bond donors (Lipinski definition) is 0. The van der Waals surface area contributed by atoms with Crippen molar-refractivity contribution in [2.75, 3.05) is 6.26 Å². The standard InChI is InChI=1S/C31H23ClO6S/c1-39(34,35)27-15-7-22(8-16-27)28-17-9-23-19-26(36-20-21-5-3-2-4-6-21)14-18-29(23)30(28)37-24-10-12-25(13-11-24)38-31(32)33/h2-19H,20H2,1H3. The second kappa shape index (κ2) is 11.2. The minimum Gasteiger partial charge on any atom is -0.489 e. The quantitative estimate of drug-likeness (QED) is 0.179. The van der Waals surface area contributed by atoms with E-state index in [0.29, 0.717) is 18.1 Å². The first-order valence-electron chi connectivity index (χ1n) is 12.0. The Morgan fingerprint density at radius 3 is 2.10 bits per heavy atom. The summed E-state index contributed by atoms with van der Waals surface area (Å²) in [7, 11) is -3.33. The van der Waals surface area contributed by atoms with Crippen LogP contribution in [0.5, 0.6) is 23.0 Å². The number of benzene rings is 5. The van der Waals surface area contributed by atoms with Gasteiger partial charge in [-0.25, -0.2) is 13.2 Å². The fraction of sp³-hybridized carbons (Fsp3) is 0.0645. The number of hydrogen-bond acceptors (Lipinski definition) is 6. The van der Waals surface area contributed by atoms with E-state index in [2.05, 4.69) is 0 Å². The molecule has 0 aliphatic carbocycles. The van der Waals surface area contributed by atoms with Gasteiger partial charge in [0.1, 0.15) is 29.6 Å². The Kier molecular flexibility index (Phi) is 7.54. The second-order valence-corrected chi connectivity index (χ2v) is 11.1. The van der Waals surface area contributed by atoms with E-state index in [-0.39, 0.29) is 10.6 Å². The molecule has 0 saturated carbocycles. The summed E-state index contributed by atoms with van der Waals surface area (Å²) in [6, 6.07) is 32.8. The maximum atomic E-state index is 12.0. The van der Waals surface area contributed by atoms with E-state index >= 15 is 0 Å². The van der Waals surface area contributed by atoms with E-state index in [1.807, 2.05) is 60.7 Å². The molecule has 0 unspecified atom stereocenters. The van der Waals surface area contributed by atoms with Gasteiger partial charge in [-0.05, 0) is 77.2 Å². The fourth-order valence-corrected chi connectivity index (χ4v) is 4.83. The van der Waals surface area contributed by atoms with Crippen LogP contribution >= 0.6 is 11.6 Å². The molecule has 0 atom stereocenters. The van der Waals surface area contributed by atoms with Crippen molar-refractivity contribution in [2.24, 2.45) is 0 Å². The average molecular weight is 559 g/mol. The van der Waals surface area contributed by atoms with E-state index in [4.69, 9.17) is 25.8 Å². The lowest BCUT2D eigenvalue weighted by molar-refractivity contribution is 0.225. The van der Waals surface area contributed by atoms with Crippen LogP contribution in [-0.4, -0.2) is 20.1 Å². The molecule has 0 heterocycles. The molecule has 196 valence electrons. The molecule has 8 heteroatoms. The summed E-state index contributed by atoms with van der Waals surface area (Å²) in [6.07, 6.45) is 1.18. The largest absolute Gasteiger partial charge is 0.489 e. The molecule has 0 radical (unpaired) electrons. The molecule has 0 amide bonds. The normalized spacial score (nSPS) is 11.2. The van der Waals surface area contributed by atoms with Crippen molar-refractivity contribution in [1.82, 2.24) is 0 Å². The minimum absolute atomic E-state index is 0.235. The second-order valence-electron chi connectivity index (χ2n) is 8.81. The van der Waals surface area contributed by atoms with Gasteiger partial charge >= 0.3 is 5.43 Å². The number of rotatable bonds is 8. The Morgan fingerprint density at radius 1 is 0.769 bits per heavy atom. The van der Waals surface area contributed by atoms with Gasteiger partial charge in [-0.2, -0.15) is 0 Å². The number of sulfone groups is 1. The third-order valence-corrected chi connectivity index (χ3v) is 7.23. The summed E-state index contributed by atoms with van der Waals surface area (Å²) in [5.74, 6) is 2.10. The number of ether oxygens (including phenoxy) is 3. The van der Waals surface area contributed by atoms with Crippen molar-refractivity contribution in [2.45, 2.75) is 11.5 Å². The topological polar surface area (TPSA) is 78.9 Å². The molecule has 0 aromatic heterocycles. The summed E-state index contributed by atoms with van der Waals surface area (Å²) in [5.41, 5.74) is 1.70. The van der Waals surface area contributed by atoms with Crippen molar-refractivity contribution in [3.63, 3.8) is 0 Å². The van der Waals surface area contributed by atoms with Gasteiger partial charge in [0.15, 0.2) is 9.84 Å². The third-order valence-electron chi connectivity index (χ3n) is 6.03. The molecule has 6 nitrogen and oxygen atoms in total. The smallest absolute Gasteiger partial charge is 0.409 e. The summed E-state index contributed by atoms with van der Waals surface area (Å²) in [5, 5.41) is 1.74. The fourth-order valence-electron chi connectivity index (χ4n) is 4.12. The number of carbonyl (C=O) groups is 1. The lowest BCUT2D eigenvalue weighted by atomic mass is 9.99. The molecule has 39 heavy (non-hydrogen) atoms. The van der Waals surface area contributed by atoms with E-state index in [9.17, 15) is 13.2 Å². The number of halogens is 1. The molecule has 0 bridgehead atoms.